The number of rotatable bonds is 4. The fraction of sp³-hybridized carbons (Fsp3) is 0.167. The fourth-order valence-corrected chi connectivity index (χ4v) is 1.48. The third kappa shape index (κ3) is 4.96. The first-order chi connectivity index (χ1) is 9.42. The zero-order valence-corrected chi connectivity index (χ0v) is 10.9. The average Bonchev–Trinajstić information content (AvgIpc) is 2.38. The van der Waals surface area contributed by atoms with Gasteiger partial charge in [-0.2, -0.15) is 5.26 Å². The number of halogens is 1. The first kappa shape index (κ1) is 15.5. The molecule has 0 aromatic heterocycles. The maximum Gasteiger partial charge on any atom is 0.325 e. The molecule has 0 saturated carbocycles. The van der Waals surface area contributed by atoms with Crippen molar-refractivity contribution in [1.82, 2.24) is 5.32 Å². The highest BCUT2D eigenvalue weighted by molar-refractivity contribution is 6.33. The maximum absolute atomic E-state index is 11.5. The number of hydrogen-bond acceptors (Lipinski definition) is 4. The number of carboxylic acids is 1. The Bertz CT molecular complexity index is 595. The van der Waals surface area contributed by atoms with Crippen LogP contribution < -0.4 is 10.6 Å². The van der Waals surface area contributed by atoms with E-state index in [2.05, 4.69) is 5.32 Å². The van der Waals surface area contributed by atoms with Gasteiger partial charge in [0.05, 0.1) is 28.8 Å². The van der Waals surface area contributed by atoms with Gasteiger partial charge in [-0.15, -0.1) is 0 Å². The summed E-state index contributed by atoms with van der Waals surface area (Å²) in [4.78, 5) is 32.9. The van der Waals surface area contributed by atoms with Gasteiger partial charge in [-0.05, 0) is 18.2 Å². The Morgan fingerprint density at radius 2 is 2.00 bits per heavy atom. The Hall–Kier alpha value is -2.59. The second-order valence-corrected chi connectivity index (χ2v) is 4.11. The number of urea groups is 1. The summed E-state index contributed by atoms with van der Waals surface area (Å²) in [7, 11) is 0. The molecular formula is C12H10ClN3O4. The molecule has 0 heterocycles. The second-order valence-electron chi connectivity index (χ2n) is 3.70. The Balaban J connectivity index is 2.56. The van der Waals surface area contributed by atoms with Gasteiger partial charge >= 0.3 is 12.0 Å². The van der Waals surface area contributed by atoms with Gasteiger partial charge in [0.25, 0.3) is 0 Å². The fourth-order valence-electron chi connectivity index (χ4n) is 1.25. The number of carbonyl (C=O) groups excluding carboxylic acids is 2. The van der Waals surface area contributed by atoms with Gasteiger partial charge in [0.1, 0.15) is 0 Å². The smallest absolute Gasteiger partial charge is 0.325 e. The molecule has 8 heteroatoms. The van der Waals surface area contributed by atoms with Crippen LogP contribution >= 0.6 is 11.6 Å². The Labute approximate surface area is 119 Å². The molecule has 3 N–H and O–H groups in total. The van der Waals surface area contributed by atoms with Gasteiger partial charge in [-0.1, -0.05) is 11.6 Å². The van der Waals surface area contributed by atoms with E-state index in [1.54, 1.807) is 0 Å². The maximum atomic E-state index is 11.5. The molecule has 1 rings (SSSR count). The highest BCUT2D eigenvalue weighted by Gasteiger charge is 2.11. The Kier molecular flexibility index (Phi) is 5.50. The third-order valence-corrected chi connectivity index (χ3v) is 2.48. The van der Waals surface area contributed by atoms with E-state index >= 15 is 0 Å². The lowest BCUT2D eigenvalue weighted by Crippen LogP contribution is -2.34. The lowest BCUT2D eigenvalue weighted by Gasteiger charge is -2.08. The number of aliphatic carboxylic acids is 1. The highest BCUT2D eigenvalue weighted by atomic mass is 35.5. The molecule has 0 atom stereocenters. The van der Waals surface area contributed by atoms with E-state index in [1.165, 1.54) is 18.2 Å². The lowest BCUT2D eigenvalue weighted by molar-refractivity contribution is -0.138. The number of nitrogens with zero attached hydrogens (tertiary/aromatic N) is 1. The number of hydrogen-bond donors (Lipinski definition) is 3. The molecular weight excluding hydrogens is 286 g/mol. The number of amides is 3. The summed E-state index contributed by atoms with van der Waals surface area (Å²) >= 11 is 5.84. The molecule has 0 aliphatic heterocycles. The van der Waals surface area contributed by atoms with Crippen molar-refractivity contribution < 1.29 is 19.5 Å². The van der Waals surface area contributed by atoms with Crippen LogP contribution in [0.3, 0.4) is 0 Å². The highest BCUT2D eigenvalue weighted by Crippen LogP contribution is 2.22. The number of anilines is 1. The summed E-state index contributed by atoms with van der Waals surface area (Å²) in [6.45, 7) is 0. The molecule has 7 nitrogen and oxygen atoms in total. The zero-order chi connectivity index (χ0) is 15.1. The standard InChI is InChI=1S/C12H10ClN3O4/c13-8-5-7(6-14)1-2-9(8)15-12(20)16-10(17)3-4-11(18)19/h1-2,5H,3-4H2,(H,18,19)(H2,15,16,17,20). The molecule has 3 amide bonds. The van der Waals surface area contributed by atoms with E-state index in [-0.39, 0.29) is 23.6 Å². The molecule has 0 aliphatic rings. The summed E-state index contributed by atoms with van der Waals surface area (Å²) in [5, 5.41) is 21.5. The molecule has 104 valence electrons. The van der Waals surface area contributed by atoms with Gasteiger partial charge in [-0.25, -0.2) is 4.79 Å². The van der Waals surface area contributed by atoms with Crippen LogP contribution in [0.4, 0.5) is 10.5 Å². The van der Waals surface area contributed by atoms with Gasteiger partial charge in [0.15, 0.2) is 0 Å². The van der Waals surface area contributed by atoms with Crippen molar-refractivity contribution in [3.8, 4) is 6.07 Å². The molecule has 1 aromatic carbocycles. The molecule has 0 fully saturated rings. The van der Waals surface area contributed by atoms with Crippen LogP contribution in [0.2, 0.25) is 5.02 Å². The predicted molar refractivity (Wildman–Crippen MR) is 70.2 cm³/mol. The molecule has 20 heavy (non-hydrogen) atoms. The van der Waals surface area contributed by atoms with Gasteiger partial charge < -0.3 is 10.4 Å². The number of nitrogens with one attached hydrogen (secondary N) is 2. The molecule has 0 saturated heterocycles. The molecule has 0 aliphatic carbocycles. The minimum atomic E-state index is -1.13. The second kappa shape index (κ2) is 7.11. The van der Waals surface area contributed by atoms with Crippen molar-refractivity contribution in [2.45, 2.75) is 12.8 Å². The van der Waals surface area contributed by atoms with E-state index in [0.717, 1.165) is 0 Å². The zero-order valence-electron chi connectivity index (χ0n) is 10.1. The van der Waals surface area contributed by atoms with Crippen molar-refractivity contribution in [1.29, 1.82) is 5.26 Å². The quantitative estimate of drug-likeness (QED) is 0.781. The van der Waals surface area contributed by atoms with Gasteiger partial charge in [-0.3, -0.25) is 14.9 Å². The molecule has 0 bridgehead atoms. The third-order valence-electron chi connectivity index (χ3n) is 2.17. The monoisotopic (exact) mass is 295 g/mol. The normalized spacial score (nSPS) is 9.40. The van der Waals surface area contributed by atoms with Crippen LogP contribution in [0, 0.1) is 11.3 Å². The van der Waals surface area contributed by atoms with Crippen molar-refractivity contribution in [3.05, 3.63) is 28.8 Å². The number of carbonyl (C=O) groups is 3. The molecule has 1 aromatic rings. The SMILES string of the molecule is N#Cc1ccc(NC(=O)NC(=O)CCC(=O)O)c(Cl)c1. The Morgan fingerprint density at radius 3 is 2.55 bits per heavy atom. The topological polar surface area (TPSA) is 119 Å². The van der Waals surface area contributed by atoms with Crippen LogP contribution in [-0.2, 0) is 9.59 Å². The van der Waals surface area contributed by atoms with Crippen LogP contribution in [0.1, 0.15) is 18.4 Å². The van der Waals surface area contributed by atoms with Crippen molar-refractivity contribution in [3.63, 3.8) is 0 Å². The molecule has 0 spiro atoms. The van der Waals surface area contributed by atoms with Gasteiger partial charge in [0.2, 0.25) is 5.91 Å². The summed E-state index contributed by atoms with van der Waals surface area (Å²) in [6.07, 6.45) is -0.666. The van der Waals surface area contributed by atoms with Gasteiger partial charge in [0, 0.05) is 6.42 Å². The van der Waals surface area contributed by atoms with E-state index < -0.39 is 17.9 Å². The number of imide groups is 1. The summed E-state index contributed by atoms with van der Waals surface area (Å²) in [5.74, 6) is -1.84. The van der Waals surface area contributed by atoms with Crippen molar-refractivity contribution in [2.75, 3.05) is 5.32 Å². The van der Waals surface area contributed by atoms with Crippen LogP contribution in [0.25, 0.3) is 0 Å². The number of benzene rings is 1. The van der Waals surface area contributed by atoms with Crippen LogP contribution in [0.5, 0.6) is 0 Å². The van der Waals surface area contributed by atoms with Crippen molar-refractivity contribution in [2.24, 2.45) is 0 Å². The van der Waals surface area contributed by atoms with Crippen molar-refractivity contribution >= 4 is 35.2 Å². The van der Waals surface area contributed by atoms with Crippen LogP contribution in [0.15, 0.2) is 18.2 Å². The minimum absolute atomic E-state index is 0.150. The largest absolute Gasteiger partial charge is 0.481 e. The predicted octanol–water partition coefficient (Wildman–Crippen LogP) is 1.72. The number of carboxylic acid groups (broad SMARTS) is 1. The summed E-state index contributed by atoms with van der Waals surface area (Å²) in [5.41, 5.74) is 0.563. The van der Waals surface area contributed by atoms with E-state index in [4.69, 9.17) is 22.0 Å². The van der Waals surface area contributed by atoms with E-state index in [9.17, 15) is 14.4 Å². The minimum Gasteiger partial charge on any atom is -0.481 e. The first-order valence-corrected chi connectivity index (χ1v) is 5.82. The number of nitriles is 1. The van der Waals surface area contributed by atoms with Crippen LogP contribution in [-0.4, -0.2) is 23.0 Å². The average molecular weight is 296 g/mol. The lowest BCUT2D eigenvalue weighted by atomic mass is 10.2. The first-order valence-electron chi connectivity index (χ1n) is 5.44. The Morgan fingerprint density at radius 1 is 1.30 bits per heavy atom. The summed E-state index contributed by atoms with van der Waals surface area (Å²) < 4.78 is 0. The van der Waals surface area contributed by atoms with E-state index in [1.807, 2.05) is 11.4 Å². The van der Waals surface area contributed by atoms with E-state index in [0.29, 0.717) is 5.56 Å². The summed E-state index contributed by atoms with van der Waals surface area (Å²) in [6, 6.07) is 5.29. The molecule has 0 radical (unpaired) electrons. The molecule has 0 unspecified atom stereocenters.